The second kappa shape index (κ2) is 12.9. The Labute approximate surface area is 304 Å². The number of ether oxygens (including phenoxy) is 2. The van der Waals surface area contributed by atoms with Crippen molar-refractivity contribution in [1.29, 1.82) is 0 Å². The van der Waals surface area contributed by atoms with E-state index >= 15 is 0 Å². The molecule has 2 aliphatic heterocycles. The molecule has 2 saturated carbocycles. The minimum Gasteiger partial charge on any atom is -0.483 e. The SMILES string of the molecule is CCOC(=O)c1ccc(N2C(=O)[C@H]3[C@H]4C[C@@H]([C@@H]3C2=O)[C@@H]2[C@H](c3cc(Cl)ccc3OCC(=O)Nc3ccc(Cl)cc3)c3sc(=O)[nH]c3S[C@H]42)cc1. The monoisotopic (exact) mass is 749 g/mol. The number of hydrogen-bond donors (Lipinski definition) is 2. The Morgan fingerprint density at radius 1 is 0.940 bits per heavy atom. The molecule has 1 saturated heterocycles. The number of H-pyrrole nitrogens is 1. The fraction of sp³-hybridized carbons (Fsp3) is 0.306. The molecule has 0 unspecified atom stereocenters. The van der Waals surface area contributed by atoms with E-state index < -0.39 is 17.8 Å². The first kappa shape index (κ1) is 33.1. The van der Waals surface area contributed by atoms with E-state index in [0.717, 1.165) is 26.8 Å². The summed E-state index contributed by atoms with van der Waals surface area (Å²) in [5.74, 6) is -2.67. The van der Waals surface area contributed by atoms with Crippen LogP contribution in [0.2, 0.25) is 10.0 Å². The van der Waals surface area contributed by atoms with Crippen LogP contribution in [0.15, 0.2) is 76.6 Å². The number of esters is 1. The number of aromatic nitrogens is 1. The van der Waals surface area contributed by atoms with E-state index in [1.807, 2.05) is 6.07 Å². The third-order valence-corrected chi connectivity index (χ3v) is 13.2. The van der Waals surface area contributed by atoms with Gasteiger partial charge in [0.05, 0.1) is 34.7 Å². The van der Waals surface area contributed by atoms with Gasteiger partial charge in [0.2, 0.25) is 11.8 Å². The topological polar surface area (TPSA) is 135 Å². The van der Waals surface area contributed by atoms with Crippen molar-refractivity contribution in [3.05, 3.63) is 102 Å². The molecule has 1 aromatic heterocycles. The standard InChI is InChI=1S/C36H29Cl2N3O7S2/c1-2-47-35(45)16-3-10-20(11-4-16)41-33(43)28-22-14-23(29(28)34(41)44)30-27(22)26(31-32(49-30)40-36(46)50-31)21-13-18(38)7-12-24(21)48-15-25(42)39-19-8-5-17(37)6-9-19/h3-13,22-23,26-30H,2,14-15H2,1H3,(H,39,42)(H,40,46)/t22-,23-,26+,27-,28+,29+,30-/m1/s1. The van der Waals surface area contributed by atoms with Gasteiger partial charge in [-0.3, -0.25) is 24.1 Å². The Balaban J connectivity index is 1.11. The number of hydrogen-bond acceptors (Lipinski definition) is 9. The normalized spacial score (nSPS) is 26.0. The average Bonchev–Trinajstić information content (AvgIpc) is 3.84. The van der Waals surface area contributed by atoms with Crippen molar-refractivity contribution in [2.24, 2.45) is 29.6 Å². The molecule has 2 bridgehead atoms. The number of benzene rings is 3. The smallest absolute Gasteiger partial charge is 0.338 e. The van der Waals surface area contributed by atoms with Crippen LogP contribution >= 0.6 is 46.3 Å². The number of carbonyl (C=O) groups excluding carboxylic acids is 4. The lowest BCUT2D eigenvalue weighted by Gasteiger charge is -2.43. The Kier molecular flexibility index (Phi) is 8.53. The average molecular weight is 751 g/mol. The number of imide groups is 1. The molecule has 3 amide bonds. The van der Waals surface area contributed by atoms with Gasteiger partial charge in [-0.15, -0.1) is 11.8 Å². The number of amides is 3. The lowest BCUT2D eigenvalue weighted by atomic mass is 9.68. The number of fused-ring (bicyclic) bond motifs is 9. The van der Waals surface area contributed by atoms with Crippen molar-refractivity contribution >= 4 is 81.4 Å². The van der Waals surface area contributed by atoms with Crippen molar-refractivity contribution in [3.8, 4) is 5.75 Å². The quantitative estimate of drug-likeness (QED) is 0.152. The number of anilines is 2. The molecule has 3 fully saturated rings. The second-order valence-corrected chi connectivity index (χ2v) is 15.8. The van der Waals surface area contributed by atoms with Crippen LogP contribution in [0.3, 0.4) is 0 Å². The lowest BCUT2D eigenvalue weighted by Crippen LogP contribution is -2.42. The minimum atomic E-state index is -0.535. The number of thiazole rings is 1. The molecular formula is C36H29Cl2N3O7S2. The van der Waals surface area contributed by atoms with Gasteiger partial charge >= 0.3 is 10.8 Å². The van der Waals surface area contributed by atoms with Crippen molar-refractivity contribution in [2.75, 3.05) is 23.4 Å². The molecule has 50 heavy (non-hydrogen) atoms. The minimum absolute atomic E-state index is 0.0630. The van der Waals surface area contributed by atoms with Crippen LogP contribution < -0.4 is 19.8 Å². The van der Waals surface area contributed by atoms with Crippen molar-refractivity contribution < 1.29 is 28.7 Å². The maximum atomic E-state index is 14.2. The Bertz CT molecular complexity index is 2100. The number of nitrogens with zero attached hydrogens (tertiary/aromatic N) is 1. The fourth-order valence-corrected chi connectivity index (χ4v) is 11.5. The van der Waals surface area contributed by atoms with Crippen molar-refractivity contribution in [2.45, 2.75) is 29.5 Å². The van der Waals surface area contributed by atoms with E-state index in [2.05, 4.69) is 10.3 Å². The highest BCUT2D eigenvalue weighted by Gasteiger charge is 2.70. The summed E-state index contributed by atoms with van der Waals surface area (Å²) in [6, 6.07) is 18.3. The molecule has 4 aliphatic rings. The Hall–Kier alpha value is -4.10. The molecular weight excluding hydrogens is 721 g/mol. The third-order valence-electron chi connectivity index (χ3n) is 10.2. The molecule has 2 N–H and O–H groups in total. The van der Waals surface area contributed by atoms with Gasteiger partial charge in [-0.25, -0.2) is 4.79 Å². The zero-order valence-corrected chi connectivity index (χ0v) is 29.5. The maximum Gasteiger partial charge on any atom is 0.338 e. The molecule has 3 aromatic carbocycles. The maximum absolute atomic E-state index is 14.2. The molecule has 10 nitrogen and oxygen atoms in total. The second-order valence-electron chi connectivity index (χ2n) is 12.8. The van der Waals surface area contributed by atoms with Crippen LogP contribution in [-0.2, 0) is 19.1 Å². The largest absolute Gasteiger partial charge is 0.483 e. The first-order valence-electron chi connectivity index (χ1n) is 16.1. The van der Waals surface area contributed by atoms with E-state index in [-0.39, 0.29) is 64.7 Å². The Morgan fingerprint density at radius 2 is 1.64 bits per heavy atom. The number of rotatable bonds is 8. The summed E-state index contributed by atoms with van der Waals surface area (Å²) in [5, 5.41) is 4.49. The van der Waals surface area contributed by atoms with Crippen LogP contribution in [0.1, 0.15) is 40.1 Å². The van der Waals surface area contributed by atoms with Gasteiger partial charge in [-0.2, -0.15) is 0 Å². The summed E-state index contributed by atoms with van der Waals surface area (Å²) in [6.07, 6.45) is 0.695. The van der Waals surface area contributed by atoms with E-state index in [4.69, 9.17) is 32.7 Å². The number of nitrogens with one attached hydrogen (secondary N) is 2. The molecule has 0 radical (unpaired) electrons. The van der Waals surface area contributed by atoms with Crippen LogP contribution in [0.5, 0.6) is 5.75 Å². The van der Waals surface area contributed by atoms with Gasteiger partial charge in [-0.1, -0.05) is 34.5 Å². The molecule has 0 spiro atoms. The molecule has 2 aliphatic carbocycles. The summed E-state index contributed by atoms with van der Waals surface area (Å²) >= 11 is 15.3. The molecule has 7 atom stereocenters. The summed E-state index contributed by atoms with van der Waals surface area (Å²) in [5.41, 5.74) is 2.04. The fourth-order valence-electron chi connectivity index (χ4n) is 8.35. The highest BCUT2D eigenvalue weighted by atomic mass is 35.5. The molecule has 4 aromatic rings. The highest BCUT2D eigenvalue weighted by Crippen LogP contribution is 2.69. The number of aromatic amines is 1. The molecule has 8 rings (SSSR count). The van der Waals surface area contributed by atoms with Gasteiger partial charge in [-0.05, 0) is 97.8 Å². The van der Waals surface area contributed by atoms with Gasteiger partial charge in [0.25, 0.3) is 5.91 Å². The number of halogens is 2. The predicted octanol–water partition coefficient (Wildman–Crippen LogP) is 6.62. The summed E-state index contributed by atoms with van der Waals surface area (Å²) in [7, 11) is 0. The van der Waals surface area contributed by atoms with Crippen LogP contribution in [-0.4, -0.2) is 47.1 Å². The van der Waals surface area contributed by atoms with Gasteiger partial charge in [0, 0.05) is 37.3 Å². The van der Waals surface area contributed by atoms with Gasteiger partial charge < -0.3 is 19.8 Å². The molecule has 14 heteroatoms. The van der Waals surface area contributed by atoms with Crippen LogP contribution in [0, 0.1) is 29.6 Å². The summed E-state index contributed by atoms with van der Waals surface area (Å²) in [6.45, 7) is 1.68. The van der Waals surface area contributed by atoms with Gasteiger partial charge in [0.1, 0.15) is 5.75 Å². The molecule has 256 valence electrons. The Morgan fingerprint density at radius 3 is 2.36 bits per heavy atom. The number of thioether (sulfide) groups is 1. The zero-order valence-electron chi connectivity index (χ0n) is 26.4. The van der Waals surface area contributed by atoms with Crippen molar-refractivity contribution in [1.82, 2.24) is 4.98 Å². The van der Waals surface area contributed by atoms with Crippen LogP contribution in [0.25, 0.3) is 0 Å². The predicted molar refractivity (Wildman–Crippen MR) is 190 cm³/mol. The van der Waals surface area contributed by atoms with E-state index in [1.165, 1.54) is 4.90 Å². The first-order chi connectivity index (χ1) is 24.1. The van der Waals surface area contributed by atoms with E-state index in [0.29, 0.717) is 39.2 Å². The molecule has 3 heterocycles. The summed E-state index contributed by atoms with van der Waals surface area (Å²) < 4.78 is 11.2. The summed E-state index contributed by atoms with van der Waals surface area (Å²) in [4.78, 5) is 71.0. The van der Waals surface area contributed by atoms with E-state index in [1.54, 1.807) is 79.3 Å². The first-order valence-corrected chi connectivity index (χ1v) is 18.6. The zero-order chi connectivity index (χ0) is 34.8. The van der Waals surface area contributed by atoms with Crippen LogP contribution in [0.4, 0.5) is 11.4 Å². The van der Waals surface area contributed by atoms with Gasteiger partial charge in [0.15, 0.2) is 6.61 Å². The van der Waals surface area contributed by atoms with Crippen molar-refractivity contribution in [3.63, 3.8) is 0 Å². The third kappa shape index (κ3) is 5.53. The number of carbonyl (C=O) groups is 4. The highest BCUT2D eigenvalue weighted by molar-refractivity contribution is 8.00. The van der Waals surface area contributed by atoms with E-state index in [9.17, 15) is 24.0 Å². The lowest BCUT2D eigenvalue weighted by molar-refractivity contribution is -0.123.